The van der Waals surface area contributed by atoms with Gasteiger partial charge in [-0.05, 0) is 59.7 Å². The molecule has 0 heterocycles. The molecule has 290 valence electrons. The van der Waals surface area contributed by atoms with Crippen LogP contribution in [0.3, 0.4) is 0 Å². The van der Waals surface area contributed by atoms with Crippen molar-refractivity contribution >= 4 is 100.0 Å². The van der Waals surface area contributed by atoms with Crippen LogP contribution in [0.25, 0.3) is 32.7 Å². The monoisotopic (exact) mass is 932 g/mol. The molecule has 0 radical (unpaired) electrons. The summed E-state index contributed by atoms with van der Waals surface area (Å²) in [5, 5.41) is 65.2. The summed E-state index contributed by atoms with van der Waals surface area (Å²) >= 11 is 0.979. The fraction of sp³-hybridized carbons (Fsp3) is 0. The standard InChI is InChI=1S/C32H24N6O14S4.4Na/c33-29-24(54-52-50-42)13-23(53-51-49-41)19-9-11-21(31(39)27(19)29)37-35-17-5-1-15(2-6-17)16-3-7-18(8-4-16)36-38-22-12-10-20-25(55(43,44)45)14-26(56(46,47)48)30(34)28(20)32(22)40;;;;/h1-14,39-42H,33-34H2,(H,43,44,45)(H,46,47,48);;;;/q;4*+1/p-4. The van der Waals surface area contributed by atoms with Gasteiger partial charge >= 0.3 is 118 Å². The fourth-order valence-corrected chi connectivity index (χ4v) is 7.86. The molecule has 60 heavy (non-hydrogen) atoms. The second-order valence-corrected chi connectivity index (χ2v) is 15.3. The summed E-state index contributed by atoms with van der Waals surface area (Å²) in [6.45, 7) is 0. The third-order valence-electron chi connectivity index (χ3n) is 7.89. The van der Waals surface area contributed by atoms with E-state index in [4.69, 9.17) is 11.5 Å². The quantitative estimate of drug-likeness (QED) is 0.0159. The zero-order chi connectivity index (χ0) is 40.4. The Bertz CT molecular complexity index is 2790. The normalized spacial score (nSPS) is 11.6. The van der Waals surface area contributed by atoms with Gasteiger partial charge < -0.3 is 41.3 Å². The van der Waals surface area contributed by atoms with Crippen LogP contribution >= 0.6 is 24.1 Å². The molecule has 20 nitrogen and oxygen atoms in total. The Morgan fingerprint density at radius 2 is 0.950 bits per heavy atom. The van der Waals surface area contributed by atoms with Gasteiger partial charge in [0.05, 0.1) is 72.3 Å². The first-order chi connectivity index (χ1) is 26.6. The topological polar surface area (TPSA) is 339 Å². The number of azo groups is 2. The number of rotatable bonds is 13. The molecule has 0 fully saturated rings. The summed E-state index contributed by atoms with van der Waals surface area (Å²) < 4.78 is 79.4. The minimum Gasteiger partial charge on any atom is -0.744 e. The smallest absolute Gasteiger partial charge is 0.744 e. The van der Waals surface area contributed by atoms with Crippen molar-refractivity contribution in [1.29, 1.82) is 0 Å². The molecule has 6 rings (SSSR count). The summed E-state index contributed by atoms with van der Waals surface area (Å²) in [5.74, 6) is -1.19. The van der Waals surface area contributed by atoms with Crippen LogP contribution in [0.1, 0.15) is 0 Å². The first-order valence-electron chi connectivity index (χ1n) is 15.0. The Kier molecular flexibility index (Phi) is 21.4. The predicted octanol–water partition coefficient (Wildman–Crippen LogP) is -6.65. The van der Waals surface area contributed by atoms with Crippen molar-refractivity contribution in [2.45, 2.75) is 19.6 Å². The molecule has 0 aliphatic rings. The molecule has 0 aromatic heterocycles. The number of anilines is 2. The Hall–Kier alpha value is -1.48. The van der Waals surface area contributed by atoms with Gasteiger partial charge in [0.2, 0.25) is 0 Å². The second-order valence-electron chi connectivity index (χ2n) is 11.1. The van der Waals surface area contributed by atoms with Crippen molar-refractivity contribution in [1.82, 2.24) is 0 Å². The molecule has 0 spiro atoms. The van der Waals surface area contributed by atoms with Crippen LogP contribution < -0.4 is 140 Å². The molecular formula is C32H20N6Na4O14S4. The molecule has 0 unspecified atom stereocenters. The first kappa shape index (κ1) is 54.7. The molecule has 6 aromatic rings. The van der Waals surface area contributed by atoms with Crippen LogP contribution in [0.15, 0.2) is 125 Å². The van der Waals surface area contributed by atoms with Crippen molar-refractivity contribution in [2.75, 3.05) is 11.5 Å². The van der Waals surface area contributed by atoms with E-state index in [2.05, 4.69) is 39.2 Å². The van der Waals surface area contributed by atoms with Crippen molar-refractivity contribution in [3.05, 3.63) is 84.9 Å². The molecule has 6 N–H and O–H groups in total. The molecule has 6 aromatic carbocycles. The van der Waals surface area contributed by atoms with E-state index >= 15 is 0 Å². The third-order valence-corrected chi connectivity index (χ3v) is 10.9. The van der Waals surface area contributed by atoms with E-state index in [0.29, 0.717) is 46.9 Å². The van der Waals surface area contributed by atoms with Gasteiger partial charge in [-0.25, -0.2) is 16.8 Å². The van der Waals surface area contributed by atoms with Crippen LogP contribution in [-0.2, 0) is 39.0 Å². The molecule has 0 saturated heterocycles. The maximum Gasteiger partial charge on any atom is 1.00 e. The number of hydrogen-bond acceptors (Lipinski definition) is 22. The second kappa shape index (κ2) is 23.4. The summed E-state index contributed by atoms with van der Waals surface area (Å²) in [6.07, 6.45) is 0. The van der Waals surface area contributed by atoms with E-state index in [0.717, 1.165) is 23.3 Å². The third kappa shape index (κ3) is 12.4. The van der Waals surface area contributed by atoms with Gasteiger partial charge in [0, 0.05) is 15.7 Å². The van der Waals surface area contributed by atoms with Crippen LogP contribution in [0, 0.1) is 0 Å². The summed E-state index contributed by atoms with van der Waals surface area (Å²) in [4.78, 5) is -1.85. The number of phenols is 2. The predicted molar refractivity (Wildman–Crippen MR) is 192 cm³/mol. The SMILES string of the molecule is Nc1c(SOO[O-])cc(SOO[O-])c2ccc(N=Nc3ccc(-c4ccc(N=Nc5ccc6c(S(=O)(=O)[O-])cc(S(=O)(=O)[O-])c(N)c6c5O)cc4)cc3)c(O)c12.[Na+].[Na+].[Na+].[Na+]. The van der Waals surface area contributed by atoms with E-state index in [9.17, 15) is 46.7 Å². The summed E-state index contributed by atoms with van der Waals surface area (Å²) in [6, 6.07) is 20.4. The zero-order valence-electron chi connectivity index (χ0n) is 31.5. The van der Waals surface area contributed by atoms with E-state index in [1.54, 1.807) is 54.6 Å². The van der Waals surface area contributed by atoms with Crippen LogP contribution in [-0.4, -0.2) is 36.2 Å². The van der Waals surface area contributed by atoms with Gasteiger partial charge in [-0.3, -0.25) is 10.1 Å². The number of aromatic hydroxyl groups is 2. The maximum absolute atomic E-state index is 11.8. The first-order valence-corrected chi connectivity index (χ1v) is 19.3. The minimum absolute atomic E-state index is 0. The van der Waals surface area contributed by atoms with Crippen molar-refractivity contribution in [3.63, 3.8) is 0 Å². The molecule has 0 atom stereocenters. The Balaban J connectivity index is 0.00000310. The van der Waals surface area contributed by atoms with Crippen molar-refractivity contribution in [2.24, 2.45) is 20.5 Å². The Morgan fingerprint density at radius 1 is 0.533 bits per heavy atom. The number of nitrogens with two attached hydrogens (primary N) is 2. The van der Waals surface area contributed by atoms with Crippen LogP contribution in [0.2, 0.25) is 0 Å². The number of nitrogen functional groups attached to an aromatic ring is 2. The van der Waals surface area contributed by atoms with Gasteiger partial charge in [0.15, 0.2) is 11.5 Å². The minimum atomic E-state index is -5.35. The van der Waals surface area contributed by atoms with E-state index in [-0.39, 0.29) is 156 Å². The number of fused-ring (bicyclic) bond motifs is 2. The van der Waals surface area contributed by atoms with Gasteiger partial charge in [0.25, 0.3) is 0 Å². The summed E-state index contributed by atoms with van der Waals surface area (Å²) in [5.41, 5.74) is 13.2. The van der Waals surface area contributed by atoms with E-state index in [1.807, 2.05) is 0 Å². The van der Waals surface area contributed by atoms with Gasteiger partial charge in [0.1, 0.15) is 31.6 Å². The molecule has 0 amide bonds. The molecule has 0 aliphatic carbocycles. The van der Waals surface area contributed by atoms with Crippen molar-refractivity contribution in [3.8, 4) is 22.6 Å². The molecule has 0 aliphatic heterocycles. The average Bonchev–Trinajstić information content (AvgIpc) is 3.16. The number of benzene rings is 6. The number of phenolic OH excluding ortho intramolecular Hbond substituents is 2. The Morgan fingerprint density at radius 3 is 1.38 bits per heavy atom. The van der Waals surface area contributed by atoms with Gasteiger partial charge in [-0.15, -0.1) is 10.2 Å². The summed E-state index contributed by atoms with van der Waals surface area (Å²) in [7, 11) is -10.6. The van der Waals surface area contributed by atoms with E-state index in [1.165, 1.54) is 12.1 Å². The van der Waals surface area contributed by atoms with Gasteiger partial charge in [-0.2, -0.15) is 18.9 Å². The average molecular weight is 933 g/mol. The van der Waals surface area contributed by atoms with E-state index < -0.39 is 52.2 Å². The largest absolute Gasteiger partial charge is 1.00 e. The zero-order valence-corrected chi connectivity index (χ0v) is 42.7. The van der Waals surface area contributed by atoms with Gasteiger partial charge in [-0.1, -0.05) is 36.4 Å². The Labute approximate surface area is 436 Å². The number of nitrogens with zero attached hydrogens (tertiary/aromatic N) is 4. The number of hydrogen-bond donors (Lipinski definition) is 4. The fourth-order valence-electron chi connectivity index (χ4n) is 5.39. The molecule has 0 saturated carbocycles. The van der Waals surface area contributed by atoms with Crippen LogP contribution in [0.5, 0.6) is 11.5 Å². The van der Waals surface area contributed by atoms with Crippen LogP contribution in [0.4, 0.5) is 34.1 Å². The maximum atomic E-state index is 11.8. The van der Waals surface area contributed by atoms with Crippen molar-refractivity contribution < 1.29 is 184 Å². The molecule has 0 bridgehead atoms. The molecule has 28 heteroatoms. The molecular weight excluding hydrogens is 913 g/mol.